The third kappa shape index (κ3) is 3.01. The van der Waals surface area contributed by atoms with Gasteiger partial charge >= 0.3 is 0 Å². The van der Waals surface area contributed by atoms with Crippen LogP contribution in [-0.2, 0) is 12.8 Å². The summed E-state index contributed by atoms with van der Waals surface area (Å²) in [6.45, 7) is 4.87. The summed E-state index contributed by atoms with van der Waals surface area (Å²) in [5, 5.41) is 3.94. The van der Waals surface area contributed by atoms with Crippen LogP contribution in [0.15, 0.2) is 24.3 Å². The van der Waals surface area contributed by atoms with Gasteiger partial charge in [-0.05, 0) is 56.3 Å². The summed E-state index contributed by atoms with van der Waals surface area (Å²) in [6.07, 6.45) is 5.07. The number of aryl methyl sites for hydroxylation is 1. The van der Waals surface area contributed by atoms with Gasteiger partial charge in [0, 0.05) is 18.6 Å². The number of fused-ring (bicyclic) bond motifs is 1. The van der Waals surface area contributed by atoms with Gasteiger partial charge in [-0.3, -0.25) is 0 Å². The van der Waals surface area contributed by atoms with Crippen molar-refractivity contribution < 1.29 is 0 Å². The summed E-state index contributed by atoms with van der Waals surface area (Å²) in [6, 6.07) is 10.4. The second-order valence-corrected chi connectivity index (χ2v) is 6.51. The van der Waals surface area contributed by atoms with E-state index in [1.165, 1.54) is 38.8 Å². The average molecular weight is 258 g/mol. The van der Waals surface area contributed by atoms with Crippen LogP contribution in [0.1, 0.15) is 30.9 Å². The number of nitrogens with zero attached hydrogens (tertiary/aromatic N) is 1. The lowest BCUT2D eigenvalue weighted by Crippen LogP contribution is -2.51. The highest BCUT2D eigenvalue weighted by molar-refractivity contribution is 5.30. The van der Waals surface area contributed by atoms with Crippen LogP contribution < -0.4 is 5.32 Å². The molecule has 1 heterocycles. The molecule has 0 bridgehead atoms. The number of rotatable bonds is 2. The Kier molecular flexibility index (Phi) is 3.90. The fraction of sp³-hybridized carbons (Fsp3) is 0.647. The smallest absolute Gasteiger partial charge is 0.0120 e. The minimum Gasteiger partial charge on any atom is -0.311 e. The van der Waals surface area contributed by atoms with Crippen molar-refractivity contribution in [2.75, 3.05) is 20.1 Å². The molecule has 1 aliphatic heterocycles. The van der Waals surface area contributed by atoms with E-state index < -0.39 is 0 Å². The van der Waals surface area contributed by atoms with E-state index in [2.05, 4.69) is 48.5 Å². The Labute approximate surface area is 117 Å². The Bertz CT molecular complexity index is 429. The third-order valence-electron chi connectivity index (χ3n) is 4.90. The van der Waals surface area contributed by atoms with Crippen LogP contribution in [0.2, 0.25) is 0 Å². The van der Waals surface area contributed by atoms with Gasteiger partial charge in [0.15, 0.2) is 0 Å². The van der Waals surface area contributed by atoms with E-state index in [0.717, 1.165) is 5.92 Å². The van der Waals surface area contributed by atoms with Gasteiger partial charge < -0.3 is 10.2 Å². The summed E-state index contributed by atoms with van der Waals surface area (Å²) < 4.78 is 0. The molecule has 3 unspecified atom stereocenters. The molecular weight excluding hydrogens is 232 g/mol. The van der Waals surface area contributed by atoms with E-state index >= 15 is 0 Å². The van der Waals surface area contributed by atoms with Crippen molar-refractivity contribution in [3.05, 3.63) is 35.4 Å². The van der Waals surface area contributed by atoms with Crippen molar-refractivity contribution in [1.29, 1.82) is 0 Å². The van der Waals surface area contributed by atoms with Crippen LogP contribution in [0.3, 0.4) is 0 Å². The van der Waals surface area contributed by atoms with Crippen LogP contribution in [0.5, 0.6) is 0 Å². The zero-order valence-corrected chi connectivity index (χ0v) is 12.2. The Morgan fingerprint density at radius 2 is 1.95 bits per heavy atom. The van der Waals surface area contributed by atoms with Gasteiger partial charge in [-0.1, -0.05) is 31.2 Å². The van der Waals surface area contributed by atoms with Crippen LogP contribution in [0, 0.1) is 5.92 Å². The Balaban J connectivity index is 1.60. The highest BCUT2D eigenvalue weighted by Gasteiger charge is 2.27. The van der Waals surface area contributed by atoms with Gasteiger partial charge in [0.1, 0.15) is 0 Å². The predicted molar refractivity (Wildman–Crippen MR) is 80.5 cm³/mol. The molecule has 0 saturated carbocycles. The molecule has 3 atom stereocenters. The number of likely N-dealkylation sites (tertiary alicyclic amines) is 1. The first-order chi connectivity index (χ1) is 9.22. The molecule has 0 aromatic heterocycles. The second-order valence-electron chi connectivity index (χ2n) is 6.51. The fourth-order valence-electron chi connectivity index (χ4n) is 3.74. The van der Waals surface area contributed by atoms with Crippen molar-refractivity contribution in [3.8, 4) is 0 Å². The maximum absolute atomic E-state index is 3.94. The molecule has 1 aromatic rings. The van der Waals surface area contributed by atoms with Gasteiger partial charge in [-0.25, -0.2) is 0 Å². The van der Waals surface area contributed by atoms with Crippen LogP contribution in [0.4, 0.5) is 0 Å². The van der Waals surface area contributed by atoms with Crippen molar-refractivity contribution in [1.82, 2.24) is 10.2 Å². The summed E-state index contributed by atoms with van der Waals surface area (Å²) in [5.74, 6) is 0.774. The van der Waals surface area contributed by atoms with Gasteiger partial charge in [0.25, 0.3) is 0 Å². The lowest BCUT2D eigenvalue weighted by Gasteiger charge is -2.38. The molecule has 2 heteroatoms. The van der Waals surface area contributed by atoms with Crippen LogP contribution in [0.25, 0.3) is 0 Å². The summed E-state index contributed by atoms with van der Waals surface area (Å²) in [7, 11) is 2.24. The quantitative estimate of drug-likeness (QED) is 0.876. The number of nitrogens with one attached hydrogen (secondary N) is 1. The van der Waals surface area contributed by atoms with E-state index in [4.69, 9.17) is 0 Å². The Hall–Kier alpha value is -0.860. The van der Waals surface area contributed by atoms with E-state index in [9.17, 15) is 0 Å². The molecule has 1 fully saturated rings. The molecule has 0 spiro atoms. The number of piperidine rings is 1. The highest BCUT2D eigenvalue weighted by Crippen LogP contribution is 2.23. The first-order valence-corrected chi connectivity index (χ1v) is 7.74. The Morgan fingerprint density at radius 3 is 2.74 bits per heavy atom. The van der Waals surface area contributed by atoms with E-state index in [-0.39, 0.29) is 0 Å². The molecule has 1 aliphatic carbocycles. The number of hydrogen-bond donors (Lipinski definition) is 1. The summed E-state index contributed by atoms with van der Waals surface area (Å²) in [4.78, 5) is 2.46. The molecule has 104 valence electrons. The molecule has 2 aliphatic rings. The average Bonchev–Trinajstić information content (AvgIpc) is 2.42. The molecule has 3 rings (SSSR count). The molecule has 2 nitrogen and oxygen atoms in total. The molecule has 0 radical (unpaired) electrons. The molecule has 1 N–H and O–H groups in total. The molecule has 1 aromatic carbocycles. The molecular formula is C17H26N2. The standard InChI is InChI=1S/C17H26N2/c1-13-12-19(2)10-9-17(13)18-16-8-7-14-5-3-4-6-15(14)11-16/h3-6,13,16-18H,7-12H2,1-2H3. The molecule has 1 saturated heterocycles. The zero-order chi connectivity index (χ0) is 13.2. The van der Waals surface area contributed by atoms with Crippen molar-refractivity contribution in [2.45, 2.75) is 44.7 Å². The van der Waals surface area contributed by atoms with Crippen LogP contribution in [-0.4, -0.2) is 37.1 Å². The topological polar surface area (TPSA) is 15.3 Å². The minimum absolute atomic E-state index is 0.686. The SMILES string of the molecule is CC1CN(C)CCC1NC1CCc2ccccc2C1. The maximum Gasteiger partial charge on any atom is 0.0120 e. The third-order valence-corrected chi connectivity index (χ3v) is 4.90. The number of hydrogen-bond acceptors (Lipinski definition) is 2. The predicted octanol–water partition coefficient (Wildman–Crippen LogP) is 2.47. The van der Waals surface area contributed by atoms with Crippen molar-refractivity contribution in [2.24, 2.45) is 5.92 Å². The van der Waals surface area contributed by atoms with Gasteiger partial charge in [0.2, 0.25) is 0 Å². The second kappa shape index (κ2) is 5.64. The summed E-state index contributed by atoms with van der Waals surface area (Å²) >= 11 is 0. The van der Waals surface area contributed by atoms with Gasteiger partial charge in [0.05, 0.1) is 0 Å². The van der Waals surface area contributed by atoms with Gasteiger partial charge in [-0.2, -0.15) is 0 Å². The van der Waals surface area contributed by atoms with E-state index in [1.807, 2.05) is 0 Å². The number of benzene rings is 1. The largest absolute Gasteiger partial charge is 0.311 e. The molecule has 19 heavy (non-hydrogen) atoms. The van der Waals surface area contributed by atoms with Crippen molar-refractivity contribution in [3.63, 3.8) is 0 Å². The first kappa shape index (κ1) is 13.1. The Morgan fingerprint density at radius 1 is 1.16 bits per heavy atom. The summed E-state index contributed by atoms with van der Waals surface area (Å²) in [5.41, 5.74) is 3.13. The van der Waals surface area contributed by atoms with E-state index in [0.29, 0.717) is 12.1 Å². The minimum atomic E-state index is 0.686. The molecule has 0 amide bonds. The zero-order valence-electron chi connectivity index (χ0n) is 12.2. The first-order valence-electron chi connectivity index (χ1n) is 7.74. The van der Waals surface area contributed by atoms with E-state index in [1.54, 1.807) is 11.1 Å². The fourth-order valence-corrected chi connectivity index (χ4v) is 3.74. The van der Waals surface area contributed by atoms with Crippen LogP contribution >= 0.6 is 0 Å². The van der Waals surface area contributed by atoms with Gasteiger partial charge in [-0.15, -0.1) is 0 Å². The lowest BCUT2D eigenvalue weighted by atomic mass is 9.86. The highest BCUT2D eigenvalue weighted by atomic mass is 15.1. The normalized spacial score (nSPS) is 32.0. The maximum atomic E-state index is 3.94. The van der Waals surface area contributed by atoms with Crippen molar-refractivity contribution >= 4 is 0 Å². The lowest BCUT2D eigenvalue weighted by molar-refractivity contribution is 0.163. The monoisotopic (exact) mass is 258 g/mol.